The molecule has 0 aliphatic heterocycles. The Morgan fingerprint density at radius 2 is 1.75 bits per heavy atom. The zero-order valence-corrected chi connectivity index (χ0v) is 20.1. The van der Waals surface area contributed by atoms with Crippen LogP contribution in [0.2, 0.25) is 0 Å². The summed E-state index contributed by atoms with van der Waals surface area (Å²) in [6.45, 7) is 5.73. The van der Waals surface area contributed by atoms with Gasteiger partial charge in [0.1, 0.15) is 0 Å². The third-order valence-corrected chi connectivity index (χ3v) is 6.41. The number of halogens is 1. The molecule has 2 amide bonds. The van der Waals surface area contributed by atoms with Gasteiger partial charge in [-0.1, -0.05) is 15.9 Å². The van der Waals surface area contributed by atoms with Crippen LogP contribution in [-0.2, 0) is 6.54 Å². The monoisotopic (exact) mass is 504 g/mol. The second kappa shape index (κ2) is 10.2. The summed E-state index contributed by atoms with van der Waals surface area (Å²) >= 11 is 3.49. The quantitative estimate of drug-likeness (QED) is 0.407. The van der Waals surface area contributed by atoms with Crippen LogP contribution < -0.4 is 21.5 Å². The minimum Gasteiger partial charge on any atom is -0.465 e. The lowest BCUT2D eigenvalue weighted by molar-refractivity contribution is 0.0950. The van der Waals surface area contributed by atoms with Gasteiger partial charge in [-0.2, -0.15) is 0 Å². The number of hydrogen-bond donors (Lipinski definition) is 5. The number of carbonyl (C=O) groups is 2. The van der Waals surface area contributed by atoms with Crippen LogP contribution in [0.1, 0.15) is 58.4 Å². The number of aromatic nitrogens is 1. The number of amides is 2. The summed E-state index contributed by atoms with van der Waals surface area (Å²) in [6, 6.07) is 5.80. The molecular weight excluding hydrogens is 476 g/mol. The molecule has 9 heteroatoms. The van der Waals surface area contributed by atoms with Crippen LogP contribution in [0.15, 0.2) is 27.5 Å². The van der Waals surface area contributed by atoms with Gasteiger partial charge < -0.3 is 26.0 Å². The molecule has 1 aliphatic carbocycles. The van der Waals surface area contributed by atoms with Gasteiger partial charge in [-0.3, -0.25) is 9.59 Å². The van der Waals surface area contributed by atoms with E-state index in [-0.39, 0.29) is 30.1 Å². The number of carbonyl (C=O) groups excluding carboxylic acids is 1. The van der Waals surface area contributed by atoms with Crippen molar-refractivity contribution < 1.29 is 14.7 Å². The summed E-state index contributed by atoms with van der Waals surface area (Å²) in [4.78, 5) is 38.8. The van der Waals surface area contributed by atoms with Crippen molar-refractivity contribution in [2.45, 2.75) is 65.1 Å². The highest BCUT2D eigenvalue weighted by atomic mass is 79.9. The normalized spacial score (nSPS) is 18.1. The highest BCUT2D eigenvalue weighted by Crippen LogP contribution is 2.29. The summed E-state index contributed by atoms with van der Waals surface area (Å²) in [5.74, 6) is -0.249. The number of aromatic amines is 1. The largest absolute Gasteiger partial charge is 0.465 e. The van der Waals surface area contributed by atoms with E-state index in [9.17, 15) is 14.4 Å². The van der Waals surface area contributed by atoms with Crippen molar-refractivity contribution in [2.24, 2.45) is 0 Å². The van der Waals surface area contributed by atoms with Gasteiger partial charge in [0.15, 0.2) is 0 Å². The molecule has 1 aromatic heterocycles. The van der Waals surface area contributed by atoms with Crippen LogP contribution >= 0.6 is 15.9 Å². The van der Waals surface area contributed by atoms with Crippen molar-refractivity contribution in [3.63, 3.8) is 0 Å². The van der Waals surface area contributed by atoms with Gasteiger partial charge in [-0.15, -0.1) is 0 Å². The van der Waals surface area contributed by atoms with E-state index in [4.69, 9.17) is 5.11 Å². The van der Waals surface area contributed by atoms with Crippen molar-refractivity contribution >= 4 is 33.6 Å². The van der Waals surface area contributed by atoms with Gasteiger partial charge in [0, 0.05) is 45.6 Å². The minimum atomic E-state index is -0.984. The predicted octanol–water partition coefficient (Wildman–Crippen LogP) is 3.98. The molecule has 1 aromatic carbocycles. The Hall–Kier alpha value is -2.81. The zero-order chi connectivity index (χ0) is 23.4. The Morgan fingerprint density at radius 1 is 1.09 bits per heavy atom. The van der Waals surface area contributed by atoms with Crippen LogP contribution in [0.5, 0.6) is 0 Å². The molecule has 0 saturated heterocycles. The molecule has 0 unspecified atom stereocenters. The molecule has 5 N–H and O–H groups in total. The Morgan fingerprint density at radius 3 is 2.38 bits per heavy atom. The fourth-order valence-corrected chi connectivity index (χ4v) is 4.66. The molecule has 0 atom stereocenters. The average molecular weight is 505 g/mol. The first kappa shape index (κ1) is 23.8. The van der Waals surface area contributed by atoms with E-state index in [1.807, 2.05) is 32.9 Å². The number of aryl methyl sites for hydroxylation is 2. The molecular formula is C23H29BrN4O4. The first-order valence-corrected chi connectivity index (χ1v) is 11.5. The predicted molar refractivity (Wildman–Crippen MR) is 127 cm³/mol. The van der Waals surface area contributed by atoms with Gasteiger partial charge in [-0.05, 0) is 75.8 Å². The molecule has 1 heterocycles. The number of H-pyrrole nitrogens is 1. The van der Waals surface area contributed by atoms with Crippen LogP contribution in [0.3, 0.4) is 0 Å². The fourth-order valence-electron chi connectivity index (χ4n) is 4.21. The van der Waals surface area contributed by atoms with Gasteiger partial charge in [0.2, 0.25) is 0 Å². The molecule has 1 saturated carbocycles. The van der Waals surface area contributed by atoms with Crippen molar-refractivity contribution in [1.29, 1.82) is 0 Å². The number of nitrogens with one attached hydrogen (secondary N) is 4. The summed E-state index contributed by atoms with van der Waals surface area (Å²) in [5.41, 5.74) is 4.20. The standard InChI is InChI=1S/C23H29BrN4O4/c1-12-8-13(2)26-22(30)19(12)11-25-21(29)18-9-15(24)10-20(14(18)3)27-16-4-6-17(7-5-16)28-23(31)32/h8-10,16-17,27-28H,4-7,11H2,1-3H3,(H,25,29)(H,26,30)(H,31,32). The molecule has 0 bridgehead atoms. The zero-order valence-electron chi connectivity index (χ0n) is 18.5. The fraction of sp³-hybridized carbons (Fsp3) is 0.435. The summed E-state index contributed by atoms with van der Waals surface area (Å²) in [7, 11) is 0. The Kier molecular flexibility index (Phi) is 7.60. The smallest absolute Gasteiger partial charge is 0.404 e. The lowest BCUT2D eigenvalue weighted by Gasteiger charge is -2.30. The molecule has 172 valence electrons. The van der Waals surface area contributed by atoms with Crippen LogP contribution in [0.25, 0.3) is 0 Å². The van der Waals surface area contributed by atoms with E-state index in [2.05, 4.69) is 36.9 Å². The summed E-state index contributed by atoms with van der Waals surface area (Å²) < 4.78 is 0.779. The van der Waals surface area contributed by atoms with E-state index in [1.165, 1.54) is 0 Å². The van der Waals surface area contributed by atoms with Gasteiger partial charge in [0.05, 0.1) is 0 Å². The second-order valence-corrected chi connectivity index (χ2v) is 9.31. The van der Waals surface area contributed by atoms with Crippen LogP contribution in [0, 0.1) is 20.8 Å². The number of benzene rings is 1. The van der Waals surface area contributed by atoms with Crippen molar-refractivity contribution in [2.75, 3.05) is 5.32 Å². The Labute approximate surface area is 195 Å². The first-order chi connectivity index (χ1) is 15.1. The maximum atomic E-state index is 12.9. The molecule has 8 nitrogen and oxygen atoms in total. The SMILES string of the molecule is Cc1cc(C)c(CNC(=O)c2cc(Br)cc(NC3CCC(NC(=O)O)CC3)c2C)c(=O)[nH]1. The topological polar surface area (TPSA) is 123 Å². The lowest BCUT2D eigenvalue weighted by atomic mass is 9.90. The Bertz CT molecular complexity index is 1070. The van der Waals surface area contributed by atoms with E-state index in [0.717, 1.165) is 52.7 Å². The number of rotatable bonds is 6. The van der Waals surface area contributed by atoms with E-state index < -0.39 is 6.09 Å². The summed E-state index contributed by atoms with van der Waals surface area (Å²) in [6.07, 6.45) is 2.24. The maximum Gasteiger partial charge on any atom is 0.404 e. The van der Waals surface area contributed by atoms with Crippen molar-refractivity contribution in [3.8, 4) is 0 Å². The van der Waals surface area contributed by atoms with Crippen LogP contribution in [-0.4, -0.2) is 34.2 Å². The van der Waals surface area contributed by atoms with Gasteiger partial charge in [-0.25, -0.2) is 4.79 Å². The summed E-state index contributed by atoms with van der Waals surface area (Å²) in [5, 5.41) is 17.8. The van der Waals surface area contributed by atoms with Gasteiger partial charge in [0.25, 0.3) is 11.5 Å². The molecule has 0 radical (unpaired) electrons. The van der Waals surface area contributed by atoms with Crippen LogP contribution in [0.4, 0.5) is 10.5 Å². The van der Waals surface area contributed by atoms with E-state index in [0.29, 0.717) is 11.1 Å². The van der Waals surface area contributed by atoms with Crippen molar-refractivity contribution in [1.82, 2.24) is 15.6 Å². The lowest BCUT2D eigenvalue weighted by Crippen LogP contribution is -2.39. The number of pyridine rings is 1. The molecule has 1 fully saturated rings. The van der Waals surface area contributed by atoms with Gasteiger partial charge >= 0.3 is 6.09 Å². The number of carboxylic acid groups (broad SMARTS) is 1. The minimum absolute atomic E-state index is 0.0103. The highest BCUT2D eigenvalue weighted by molar-refractivity contribution is 9.10. The molecule has 0 spiro atoms. The molecule has 3 rings (SSSR count). The molecule has 32 heavy (non-hydrogen) atoms. The number of anilines is 1. The Balaban J connectivity index is 1.69. The third kappa shape index (κ3) is 5.91. The second-order valence-electron chi connectivity index (χ2n) is 8.39. The maximum absolute atomic E-state index is 12.9. The first-order valence-electron chi connectivity index (χ1n) is 10.7. The molecule has 1 aliphatic rings. The molecule has 2 aromatic rings. The number of hydrogen-bond acceptors (Lipinski definition) is 4. The van der Waals surface area contributed by atoms with Crippen molar-refractivity contribution in [3.05, 3.63) is 61.0 Å². The highest BCUT2D eigenvalue weighted by Gasteiger charge is 2.23. The van der Waals surface area contributed by atoms with E-state index >= 15 is 0 Å². The average Bonchev–Trinajstić information content (AvgIpc) is 2.70. The van der Waals surface area contributed by atoms with E-state index in [1.54, 1.807) is 6.07 Å². The third-order valence-electron chi connectivity index (χ3n) is 5.95.